The molecule has 1 atom stereocenters. The summed E-state index contributed by atoms with van der Waals surface area (Å²) in [5.74, 6) is -0.895. The molecule has 0 aromatic heterocycles. The quantitative estimate of drug-likeness (QED) is 0.717. The van der Waals surface area contributed by atoms with Crippen molar-refractivity contribution in [2.75, 3.05) is 18.4 Å². The normalized spacial score (nSPS) is 12.2. The number of halogens is 2. The van der Waals surface area contributed by atoms with Gasteiger partial charge in [-0.3, -0.25) is 4.79 Å². The number of quaternary nitrogens is 1. The number of amides is 1. The highest BCUT2D eigenvalue weighted by Gasteiger charge is 2.09. The summed E-state index contributed by atoms with van der Waals surface area (Å²) in [6, 6.07) is 4.04. The lowest BCUT2D eigenvalue weighted by Crippen LogP contribution is -2.88. The molecular formula is C11H15ClFN2O2+. The van der Waals surface area contributed by atoms with Crippen molar-refractivity contribution < 1.29 is 19.6 Å². The van der Waals surface area contributed by atoms with Crippen molar-refractivity contribution in [1.29, 1.82) is 0 Å². The fourth-order valence-corrected chi connectivity index (χ4v) is 1.41. The Morgan fingerprint density at radius 1 is 1.65 bits per heavy atom. The zero-order valence-corrected chi connectivity index (χ0v) is 10.2. The van der Waals surface area contributed by atoms with Gasteiger partial charge in [0.05, 0.1) is 11.8 Å². The summed E-state index contributed by atoms with van der Waals surface area (Å²) in [5, 5.41) is 13.3. The highest BCUT2D eigenvalue weighted by atomic mass is 35.5. The SMILES string of the molecule is C[C@@H](O)C[NH2+]CC(=O)Nc1ccc(Cl)cc1F. The first-order valence-corrected chi connectivity index (χ1v) is 5.61. The summed E-state index contributed by atoms with van der Waals surface area (Å²) >= 11 is 5.59. The minimum absolute atomic E-state index is 0.102. The fourth-order valence-electron chi connectivity index (χ4n) is 1.25. The fraction of sp³-hybridized carbons (Fsp3) is 0.364. The van der Waals surface area contributed by atoms with Crippen LogP contribution in [0.3, 0.4) is 0 Å². The van der Waals surface area contributed by atoms with Crippen molar-refractivity contribution in [3.63, 3.8) is 0 Å². The first-order chi connectivity index (χ1) is 7.99. The number of anilines is 1. The van der Waals surface area contributed by atoms with Crippen molar-refractivity contribution in [3.05, 3.63) is 29.0 Å². The molecule has 0 saturated heterocycles. The lowest BCUT2D eigenvalue weighted by Gasteiger charge is -2.06. The van der Waals surface area contributed by atoms with Crippen LogP contribution in [-0.2, 0) is 4.79 Å². The molecule has 1 aromatic carbocycles. The summed E-state index contributed by atoms with van der Waals surface area (Å²) in [6.45, 7) is 2.19. The Labute approximate surface area is 104 Å². The highest BCUT2D eigenvalue weighted by molar-refractivity contribution is 6.30. The van der Waals surface area contributed by atoms with Gasteiger partial charge in [-0.1, -0.05) is 11.6 Å². The van der Waals surface area contributed by atoms with E-state index in [2.05, 4.69) is 5.32 Å². The Bertz CT molecular complexity index is 399. The molecule has 0 bridgehead atoms. The average molecular weight is 262 g/mol. The molecule has 0 aliphatic rings. The molecule has 1 rings (SSSR count). The predicted molar refractivity (Wildman–Crippen MR) is 63.4 cm³/mol. The topological polar surface area (TPSA) is 65.9 Å². The maximum atomic E-state index is 13.3. The zero-order chi connectivity index (χ0) is 12.8. The third-order valence-corrected chi connectivity index (χ3v) is 2.28. The molecule has 6 heteroatoms. The Kier molecular flexibility index (Phi) is 5.34. The van der Waals surface area contributed by atoms with E-state index in [1.54, 1.807) is 12.2 Å². The first-order valence-electron chi connectivity index (χ1n) is 5.23. The van der Waals surface area contributed by atoms with Crippen LogP contribution in [0.15, 0.2) is 18.2 Å². The summed E-state index contributed by atoms with van der Waals surface area (Å²) in [6.07, 6.45) is -0.477. The molecule has 0 unspecified atom stereocenters. The van der Waals surface area contributed by atoms with Gasteiger partial charge in [0.1, 0.15) is 12.4 Å². The molecule has 0 aliphatic carbocycles. The Morgan fingerprint density at radius 2 is 2.35 bits per heavy atom. The van der Waals surface area contributed by atoms with Crippen LogP contribution >= 0.6 is 11.6 Å². The van der Waals surface area contributed by atoms with Gasteiger partial charge in [0.15, 0.2) is 6.54 Å². The van der Waals surface area contributed by atoms with Crippen LogP contribution in [0.4, 0.5) is 10.1 Å². The van der Waals surface area contributed by atoms with Gasteiger partial charge in [0, 0.05) is 5.02 Å². The monoisotopic (exact) mass is 261 g/mol. The molecule has 0 aliphatic heterocycles. The summed E-state index contributed by atoms with van der Waals surface area (Å²) < 4.78 is 13.3. The van der Waals surface area contributed by atoms with Gasteiger partial charge >= 0.3 is 0 Å². The summed E-state index contributed by atoms with van der Waals surface area (Å²) in [7, 11) is 0. The van der Waals surface area contributed by atoms with Gasteiger partial charge in [-0.25, -0.2) is 4.39 Å². The van der Waals surface area contributed by atoms with Crippen molar-refractivity contribution >= 4 is 23.2 Å². The largest absolute Gasteiger partial charge is 0.388 e. The van der Waals surface area contributed by atoms with E-state index >= 15 is 0 Å². The second-order valence-electron chi connectivity index (χ2n) is 3.75. The number of benzene rings is 1. The van der Waals surface area contributed by atoms with E-state index in [1.165, 1.54) is 12.1 Å². The van der Waals surface area contributed by atoms with Crippen LogP contribution in [0.5, 0.6) is 0 Å². The molecule has 4 N–H and O–H groups in total. The van der Waals surface area contributed by atoms with Gasteiger partial charge in [-0.2, -0.15) is 0 Å². The van der Waals surface area contributed by atoms with Crippen LogP contribution in [0.25, 0.3) is 0 Å². The maximum absolute atomic E-state index is 13.3. The number of nitrogens with two attached hydrogens (primary N) is 1. The van der Waals surface area contributed by atoms with Crippen molar-refractivity contribution in [2.24, 2.45) is 0 Å². The number of aliphatic hydroxyl groups is 1. The zero-order valence-electron chi connectivity index (χ0n) is 9.41. The number of rotatable bonds is 5. The van der Waals surface area contributed by atoms with E-state index < -0.39 is 11.9 Å². The number of carbonyl (C=O) groups excluding carboxylic acids is 1. The molecule has 0 saturated carbocycles. The summed E-state index contributed by atoms with van der Waals surface area (Å²) in [4.78, 5) is 11.4. The van der Waals surface area contributed by atoms with Crippen molar-refractivity contribution in [2.45, 2.75) is 13.0 Å². The molecule has 0 radical (unpaired) electrons. The van der Waals surface area contributed by atoms with Crippen molar-refractivity contribution in [3.8, 4) is 0 Å². The molecule has 94 valence electrons. The van der Waals surface area contributed by atoms with E-state index in [0.29, 0.717) is 6.54 Å². The van der Waals surface area contributed by atoms with E-state index in [1.807, 2.05) is 0 Å². The Morgan fingerprint density at radius 3 is 2.94 bits per heavy atom. The number of hydrogen-bond acceptors (Lipinski definition) is 2. The predicted octanol–water partition coefficient (Wildman–Crippen LogP) is 0.362. The molecule has 1 amide bonds. The van der Waals surface area contributed by atoms with Crippen LogP contribution < -0.4 is 10.6 Å². The van der Waals surface area contributed by atoms with E-state index in [0.717, 1.165) is 6.07 Å². The van der Waals surface area contributed by atoms with Crippen LogP contribution in [0.2, 0.25) is 5.02 Å². The molecule has 4 nitrogen and oxygen atoms in total. The van der Waals surface area contributed by atoms with Gasteiger partial charge < -0.3 is 15.7 Å². The number of hydrogen-bond donors (Lipinski definition) is 3. The molecule has 17 heavy (non-hydrogen) atoms. The smallest absolute Gasteiger partial charge is 0.279 e. The van der Waals surface area contributed by atoms with Crippen molar-refractivity contribution in [1.82, 2.24) is 0 Å². The second-order valence-corrected chi connectivity index (χ2v) is 4.19. The Balaban J connectivity index is 2.45. The number of carbonyl (C=O) groups is 1. The molecule has 0 heterocycles. The standard InChI is InChI=1S/C11H14ClFN2O2/c1-7(16)5-14-6-11(17)15-10-3-2-8(12)4-9(10)13/h2-4,7,14,16H,5-6H2,1H3,(H,15,17)/p+1/t7-/m1/s1. The van der Waals surface area contributed by atoms with Gasteiger partial charge in [-0.05, 0) is 25.1 Å². The lowest BCUT2D eigenvalue weighted by atomic mass is 10.3. The van der Waals surface area contributed by atoms with Gasteiger partial charge in [0.25, 0.3) is 5.91 Å². The number of aliphatic hydroxyl groups excluding tert-OH is 1. The number of nitrogens with one attached hydrogen (secondary N) is 1. The third-order valence-electron chi connectivity index (χ3n) is 2.04. The Hall–Kier alpha value is -1.17. The van der Waals surface area contributed by atoms with E-state index in [9.17, 15) is 9.18 Å². The van der Waals surface area contributed by atoms with Crippen LogP contribution in [0.1, 0.15) is 6.92 Å². The van der Waals surface area contributed by atoms with E-state index in [-0.39, 0.29) is 23.2 Å². The van der Waals surface area contributed by atoms with Gasteiger partial charge in [0.2, 0.25) is 0 Å². The van der Waals surface area contributed by atoms with Gasteiger partial charge in [-0.15, -0.1) is 0 Å². The summed E-state index contributed by atoms with van der Waals surface area (Å²) in [5.41, 5.74) is 0.102. The van der Waals surface area contributed by atoms with Crippen LogP contribution in [0, 0.1) is 5.82 Å². The minimum atomic E-state index is -0.568. The van der Waals surface area contributed by atoms with E-state index in [4.69, 9.17) is 16.7 Å². The highest BCUT2D eigenvalue weighted by Crippen LogP contribution is 2.18. The molecule has 0 spiro atoms. The molecular weight excluding hydrogens is 247 g/mol. The maximum Gasteiger partial charge on any atom is 0.279 e. The average Bonchev–Trinajstić information content (AvgIpc) is 2.21. The third kappa shape index (κ3) is 5.12. The second kappa shape index (κ2) is 6.54. The molecule has 1 aromatic rings. The minimum Gasteiger partial charge on any atom is -0.388 e. The first kappa shape index (κ1) is 13.9. The van der Waals surface area contributed by atoms with Crippen LogP contribution in [-0.4, -0.2) is 30.2 Å². The lowest BCUT2D eigenvalue weighted by molar-refractivity contribution is -0.649. The molecule has 0 fully saturated rings.